The predicted octanol–water partition coefficient (Wildman–Crippen LogP) is 2.70. The molecule has 0 aliphatic carbocycles. The summed E-state index contributed by atoms with van der Waals surface area (Å²) < 4.78 is 4.70. The van der Waals surface area contributed by atoms with E-state index in [1.165, 1.54) is 7.11 Å². The van der Waals surface area contributed by atoms with E-state index >= 15 is 0 Å². The first-order valence-corrected chi connectivity index (χ1v) is 7.16. The molecule has 116 valence electrons. The number of hydrogen-bond acceptors (Lipinski definition) is 3. The average Bonchev–Trinajstić information content (AvgIpc) is 2.46. The number of hydrogen-bond donors (Lipinski definition) is 2. The van der Waals surface area contributed by atoms with Gasteiger partial charge in [-0.1, -0.05) is 36.8 Å². The van der Waals surface area contributed by atoms with Crippen LogP contribution < -0.4 is 10.6 Å². The molecular formula is C16H24N2O3. The van der Waals surface area contributed by atoms with Crippen molar-refractivity contribution in [2.45, 2.75) is 45.7 Å². The van der Waals surface area contributed by atoms with Gasteiger partial charge in [0.25, 0.3) is 0 Å². The van der Waals surface area contributed by atoms with Gasteiger partial charge in [0.2, 0.25) is 0 Å². The van der Waals surface area contributed by atoms with Gasteiger partial charge in [-0.15, -0.1) is 0 Å². The first kappa shape index (κ1) is 17.0. The van der Waals surface area contributed by atoms with Crippen LogP contribution in [0.1, 0.15) is 43.9 Å². The number of urea groups is 1. The van der Waals surface area contributed by atoms with Gasteiger partial charge < -0.3 is 15.4 Å². The molecule has 2 amide bonds. The monoisotopic (exact) mass is 292 g/mol. The highest BCUT2D eigenvalue weighted by Crippen LogP contribution is 2.18. The Labute approximate surface area is 126 Å². The molecular weight excluding hydrogens is 268 g/mol. The quantitative estimate of drug-likeness (QED) is 0.792. The normalized spacial score (nSPS) is 13.1. The van der Waals surface area contributed by atoms with E-state index in [0.717, 1.165) is 17.5 Å². The standard InChI is InChI=1S/C16H24N2O3/c1-5-12(3)17-16(20)18-14(10-15(19)21-4)13-8-6-11(2)7-9-13/h6-9,12,14H,5,10H2,1-4H3,(H2,17,18,20)/t12-,14-/m1/s1. The van der Waals surface area contributed by atoms with Crippen molar-refractivity contribution in [2.75, 3.05) is 7.11 Å². The number of carbonyl (C=O) groups excluding carboxylic acids is 2. The zero-order chi connectivity index (χ0) is 15.8. The number of amides is 2. The third-order valence-electron chi connectivity index (χ3n) is 3.37. The molecule has 0 radical (unpaired) electrons. The molecule has 0 aliphatic rings. The maximum atomic E-state index is 12.0. The molecule has 2 atom stereocenters. The molecule has 5 nitrogen and oxygen atoms in total. The molecule has 1 aromatic rings. The van der Waals surface area contributed by atoms with Crippen LogP contribution in [-0.4, -0.2) is 25.2 Å². The van der Waals surface area contributed by atoms with Crippen LogP contribution >= 0.6 is 0 Å². The van der Waals surface area contributed by atoms with Crippen LogP contribution in [0.2, 0.25) is 0 Å². The molecule has 0 bridgehead atoms. The van der Waals surface area contributed by atoms with Gasteiger partial charge in [0, 0.05) is 6.04 Å². The largest absolute Gasteiger partial charge is 0.469 e. The van der Waals surface area contributed by atoms with Crippen molar-refractivity contribution in [2.24, 2.45) is 0 Å². The van der Waals surface area contributed by atoms with Crippen LogP contribution in [0.4, 0.5) is 4.79 Å². The molecule has 0 unspecified atom stereocenters. The second-order valence-electron chi connectivity index (χ2n) is 5.17. The Kier molecular flexibility index (Phi) is 6.72. The number of benzene rings is 1. The Hall–Kier alpha value is -2.04. The van der Waals surface area contributed by atoms with Crippen molar-refractivity contribution in [1.29, 1.82) is 0 Å². The molecule has 1 aromatic carbocycles. The van der Waals surface area contributed by atoms with Gasteiger partial charge in [-0.05, 0) is 25.8 Å². The third kappa shape index (κ3) is 5.85. The Balaban J connectivity index is 2.79. The summed E-state index contributed by atoms with van der Waals surface area (Å²) in [6, 6.07) is 7.13. The van der Waals surface area contributed by atoms with E-state index in [1.807, 2.05) is 45.0 Å². The second kappa shape index (κ2) is 8.29. The number of rotatable bonds is 6. The van der Waals surface area contributed by atoms with Gasteiger partial charge in [0.1, 0.15) is 0 Å². The summed E-state index contributed by atoms with van der Waals surface area (Å²) >= 11 is 0. The third-order valence-corrected chi connectivity index (χ3v) is 3.37. The fraction of sp³-hybridized carbons (Fsp3) is 0.500. The molecule has 0 aliphatic heterocycles. The fourth-order valence-electron chi connectivity index (χ4n) is 1.83. The van der Waals surface area contributed by atoms with Gasteiger partial charge in [0.15, 0.2) is 0 Å². The van der Waals surface area contributed by atoms with Crippen LogP contribution in [0.5, 0.6) is 0 Å². The summed E-state index contributed by atoms with van der Waals surface area (Å²) in [7, 11) is 1.34. The van der Waals surface area contributed by atoms with E-state index in [-0.39, 0.29) is 24.5 Å². The molecule has 0 saturated carbocycles. The van der Waals surface area contributed by atoms with Crippen molar-refractivity contribution in [3.8, 4) is 0 Å². The van der Waals surface area contributed by atoms with Gasteiger partial charge in [-0.3, -0.25) is 4.79 Å². The Bertz CT molecular complexity index is 471. The minimum Gasteiger partial charge on any atom is -0.469 e. The number of aryl methyl sites for hydroxylation is 1. The van der Waals surface area contributed by atoms with Crippen molar-refractivity contribution in [3.05, 3.63) is 35.4 Å². The molecule has 21 heavy (non-hydrogen) atoms. The molecule has 1 rings (SSSR count). The van der Waals surface area contributed by atoms with Crippen molar-refractivity contribution in [1.82, 2.24) is 10.6 Å². The van der Waals surface area contributed by atoms with Gasteiger partial charge in [-0.2, -0.15) is 0 Å². The fourth-order valence-corrected chi connectivity index (χ4v) is 1.83. The number of carbonyl (C=O) groups is 2. The molecule has 0 fully saturated rings. The molecule has 0 saturated heterocycles. The van der Waals surface area contributed by atoms with E-state index in [4.69, 9.17) is 4.74 Å². The minimum absolute atomic E-state index is 0.0850. The average molecular weight is 292 g/mol. The Morgan fingerprint density at radius 3 is 2.33 bits per heavy atom. The lowest BCUT2D eigenvalue weighted by molar-refractivity contribution is -0.141. The lowest BCUT2D eigenvalue weighted by Crippen LogP contribution is -2.42. The van der Waals surface area contributed by atoms with Crippen LogP contribution in [0.15, 0.2) is 24.3 Å². The summed E-state index contributed by atoms with van der Waals surface area (Å²) in [5, 5.41) is 5.66. The summed E-state index contributed by atoms with van der Waals surface area (Å²) in [5.41, 5.74) is 2.00. The molecule has 0 aromatic heterocycles. The highest BCUT2D eigenvalue weighted by Gasteiger charge is 2.19. The molecule has 0 spiro atoms. The van der Waals surface area contributed by atoms with Gasteiger partial charge in [-0.25, -0.2) is 4.79 Å². The Morgan fingerprint density at radius 2 is 1.81 bits per heavy atom. The van der Waals surface area contributed by atoms with Gasteiger partial charge >= 0.3 is 12.0 Å². The smallest absolute Gasteiger partial charge is 0.315 e. The Morgan fingerprint density at radius 1 is 1.19 bits per heavy atom. The lowest BCUT2D eigenvalue weighted by Gasteiger charge is -2.20. The highest BCUT2D eigenvalue weighted by molar-refractivity contribution is 5.76. The molecule has 2 N–H and O–H groups in total. The van der Waals surface area contributed by atoms with E-state index in [9.17, 15) is 9.59 Å². The first-order chi connectivity index (χ1) is 9.96. The second-order valence-corrected chi connectivity index (χ2v) is 5.17. The van der Waals surface area contributed by atoms with Crippen LogP contribution in [0.3, 0.4) is 0 Å². The zero-order valence-corrected chi connectivity index (χ0v) is 13.1. The van der Waals surface area contributed by atoms with Crippen molar-refractivity contribution >= 4 is 12.0 Å². The van der Waals surface area contributed by atoms with Crippen molar-refractivity contribution < 1.29 is 14.3 Å². The lowest BCUT2D eigenvalue weighted by atomic mass is 10.0. The summed E-state index contributed by atoms with van der Waals surface area (Å²) in [5.74, 6) is -0.357. The molecule has 0 heterocycles. The topological polar surface area (TPSA) is 67.4 Å². The summed E-state index contributed by atoms with van der Waals surface area (Å²) in [4.78, 5) is 23.5. The first-order valence-electron chi connectivity index (χ1n) is 7.16. The van der Waals surface area contributed by atoms with Crippen LogP contribution in [0.25, 0.3) is 0 Å². The van der Waals surface area contributed by atoms with E-state index in [1.54, 1.807) is 0 Å². The number of nitrogens with one attached hydrogen (secondary N) is 2. The number of ether oxygens (including phenoxy) is 1. The molecule has 5 heteroatoms. The summed E-state index contributed by atoms with van der Waals surface area (Å²) in [6.07, 6.45) is 0.951. The van der Waals surface area contributed by atoms with Gasteiger partial charge in [0.05, 0.1) is 19.6 Å². The number of methoxy groups -OCH3 is 1. The SMILES string of the molecule is CC[C@@H](C)NC(=O)N[C@H](CC(=O)OC)c1ccc(C)cc1. The van der Waals surface area contributed by atoms with Crippen LogP contribution in [-0.2, 0) is 9.53 Å². The van der Waals surface area contributed by atoms with Crippen LogP contribution in [0, 0.1) is 6.92 Å². The van der Waals surface area contributed by atoms with E-state index in [0.29, 0.717) is 0 Å². The van der Waals surface area contributed by atoms with E-state index in [2.05, 4.69) is 10.6 Å². The maximum Gasteiger partial charge on any atom is 0.315 e. The van der Waals surface area contributed by atoms with Crippen molar-refractivity contribution in [3.63, 3.8) is 0 Å². The van der Waals surface area contributed by atoms with E-state index < -0.39 is 6.04 Å². The number of esters is 1. The minimum atomic E-state index is -0.401. The predicted molar refractivity (Wildman–Crippen MR) is 82.0 cm³/mol. The zero-order valence-electron chi connectivity index (χ0n) is 13.1. The highest BCUT2D eigenvalue weighted by atomic mass is 16.5. The maximum absolute atomic E-state index is 12.0. The summed E-state index contributed by atoms with van der Waals surface area (Å²) in [6.45, 7) is 5.92.